The summed E-state index contributed by atoms with van der Waals surface area (Å²) in [5.41, 5.74) is 10.6. The minimum atomic E-state index is -0.153. The molecule has 6 heteroatoms. The van der Waals surface area contributed by atoms with E-state index in [9.17, 15) is 25.5 Å². The Kier molecular flexibility index (Phi) is 8.06. The average molecular weight is 614 g/mol. The predicted octanol–water partition coefficient (Wildman–Crippen LogP) is 9.03. The molecule has 1 aliphatic rings. The molecule has 6 nitrogen and oxygen atoms in total. The standard InChI is InChI=1S/C41H31N3O3/c1-24(23-46)38-36(31-11-5-29(21-42)6-12-31)19-34-25(2)44(33-15-9-28(10-16-33)17-18-45)26(3)39-37(32-13-7-30(22-43)8-14-32)20-35(27(4)47)41(38)40(34)39/h5-16,19-20,23,45-46H,2-3,17-18H2,1,4H3. The van der Waals surface area contributed by atoms with Gasteiger partial charge in [-0.3, -0.25) is 4.79 Å². The maximum absolute atomic E-state index is 13.6. The Bertz CT molecular complexity index is 2230. The van der Waals surface area contributed by atoms with Gasteiger partial charge < -0.3 is 15.1 Å². The number of carbonyl (C=O) groups is 1. The van der Waals surface area contributed by atoms with E-state index in [2.05, 4.69) is 25.3 Å². The first-order valence-corrected chi connectivity index (χ1v) is 15.1. The van der Waals surface area contributed by atoms with Crippen LogP contribution in [-0.2, 0) is 6.42 Å². The summed E-state index contributed by atoms with van der Waals surface area (Å²) in [6.07, 6.45) is 1.59. The molecule has 5 aromatic carbocycles. The molecule has 0 unspecified atom stereocenters. The first kappa shape index (κ1) is 30.8. The van der Waals surface area contributed by atoms with Crippen LogP contribution < -0.4 is 4.90 Å². The van der Waals surface area contributed by atoms with Gasteiger partial charge >= 0.3 is 0 Å². The van der Waals surface area contributed by atoms with Crippen LogP contribution >= 0.6 is 0 Å². The van der Waals surface area contributed by atoms with Gasteiger partial charge in [-0.05, 0) is 108 Å². The molecule has 0 aromatic heterocycles. The van der Waals surface area contributed by atoms with Crippen LogP contribution in [0.4, 0.5) is 5.69 Å². The van der Waals surface area contributed by atoms with E-state index in [0.29, 0.717) is 51.0 Å². The van der Waals surface area contributed by atoms with Crippen molar-refractivity contribution in [2.75, 3.05) is 11.5 Å². The molecule has 47 heavy (non-hydrogen) atoms. The number of nitriles is 2. The van der Waals surface area contributed by atoms with Crippen molar-refractivity contribution in [2.24, 2.45) is 0 Å². The summed E-state index contributed by atoms with van der Waals surface area (Å²) in [6.45, 7) is 12.5. The Labute approximate surface area is 273 Å². The van der Waals surface area contributed by atoms with Crippen molar-refractivity contribution < 1.29 is 15.0 Å². The van der Waals surface area contributed by atoms with E-state index in [-0.39, 0.29) is 12.4 Å². The van der Waals surface area contributed by atoms with E-state index in [1.54, 1.807) is 31.2 Å². The molecule has 1 heterocycles. The van der Waals surface area contributed by atoms with E-state index < -0.39 is 0 Å². The van der Waals surface area contributed by atoms with Crippen molar-refractivity contribution >= 4 is 39.2 Å². The van der Waals surface area contributed by atoms with E-state index in [1.807, 2.05) is 65.6 Å². The van der Waals surface area contributed by atoms with Gasteiger partial charge in [-0.15, -0.1) is 0 Å². The topological polar surface area (TPSA) is 108 Å². The van der Waals surface area contributed by atoms with Gasteiger partial charge in [-0.1, -0.05) is 49.6 Å². The quantitative estimate of drug-likeness (QED) is 0.140. The fourth-order valence-electron chi connectivity index (χ4n) is 6.47. The molecule has 6 rings (SSSR count). The molecule has 0 atom stereocenters. The number of carbonyl (C=O) groups excluding carboxylic acids is 1. The zero-order chi connectivity index (χ0) is 33.4. The molecule has 0 saturated carbocycles. The highest BCUT2D eigenvalue weighted by Gasteiger charge is 2.33. The summed E-state index contributed by atoms with van der Waals surface area (Å²) in [5, 5.41) is 40.2. The highest BCUT2D eigenvalue weighted by molar-refractivity contribution is 6.24. The fourth-order valence-corrected chi connectivity index (χ4v) is 6.47. The van der Waals surface area contributed by atoms with E-state index in [1.165, 1.54) is 6.92 Å². The number of hydrogen-bond donors (Lipinski definition) is 2. The SMILES string of the molecule is C=C1c2cc(-c3ccc(C#N)cc3)c(C(C)=CO)c3c(C(C)=O)cc(-c4ccc(C#N)cc4)c(c23)C(=C)N1c1ccc(CCO)cc1. The number of anilines is 1. The Hall–Kier alpha value is -6.21. The van der Waals surface area contributed by atoms with Crippen molar-refractivity contribution in [3.63, 3.8) is 0 Å². The van der Waals surface area contributed by atoms with E-state index in [4.69, 9.17) is 0 Å². The van der Waals surface area contributed by atoms with Gasteiger partial charge in [0.15, 0.2) is 5.78 Å². The van der Waals surface area contributed by atoms with Crippen LogP contribution in [0.5, 0.6) is 0 Å². The Morgan fingerprint density at radius 2 is 1.36 bits per heavy atom. The number of benzene rings is 5. The number of nitrogens with zero attached hydrogens (tertiary/aromatic N) is 3. The molecular weight excluding hydrogens is 582 g/mol. The van der Waals surface area contributed by atoms with Crippen molar-refractivity contribution in [3.8, 4) is 34.4 Å². The highest BCUT2D eigenvalue weighted by atomic mass is 16.3. The van der Waals surface area contributed by atoms with E-state index in [0.717, 1.165) is 56.3 Å². The lowest BCUT2D eigenvalue weighted by Crippen LogP contribution is -2.24. The van der Waals surface area contributed by atoms with Crippen LogP contribution in [0.15, 0.2) is 104 Å². The lowest BCUT2D eigenvalue weighted by atomic mass is 9.78. The number of aliphatic hydroxyl groups is 2. The van der Waals surface area contributed by atoms with Gasteiger partial charge in [0.25, 0.3) is 0 Å². The Morgan fingerprint density at radius 1 is 0.787 bits per heavy atom. The second-order valence-corrected chi connectivity index (χ2v) is 11.6. The lowest BCUT2D eigenvalue weighted by Gasteiger charge is -2.37. The van der Waals surface area contributed by atoms with Crippen LogP contribution in [0.2, 0.25) is 0 Å². The van der Waals surface area contributed by atoms with Gasteiger partial charge in [0, 0.05) is 51.2 Å². The first-order chi connectivity index (χ1) is 22.7. The molecule has 1 aliphatic heterocycles. The first-order valence-electron chi connectivity index (χ1n) is 15.1. The van der Waals surface area contributed by atoms with Gasteiger partial charge in [-0.25, -0.2) is 0 Å². The van der Waals surface area contributed by atoms with Crippen LogP contribution in [0, 0.1) is 22.7 Å². The highest BCUT2D eigenvalue weighted by Crippen LogP contribution is 2.52. The molecule has 0 radical (unpaired) electrons. The average Bonchev–Trinajstić information content (AvgIpc) is 3.10. The number of allylic oxidation sites excluding steroid dienone is 1. The summed E-state index contributed by atoms with van der Waals surface area (Å²) < 4.78 is 0. The van der Waals surface area contributed by atoms with Crippen molar-refractivity contribution in [2.45, 2.75) is 20.3 Å². The van der Waals surface area contributed by atoms with Gasteiger partial charge in [0.05, 0.1) is 29.5 Å². The van der Waals surface area contributed by atoms with Gasteiger partial charge in [0.2, 0.25) is 0 Å². The number of ketones is 1. The smallest absolute Gasteiger partial charge is 0.160 e. The molecule has 0 saturated heterocycles. The molecule has 0 fully saturated rings. The van der Waals surface area contributed by atoms with E-state index >= 15 is 0 Å². The summed E-state index contributed by atoms with van der Waals surface area (Å²) in [5.74, 6) is -0.153. The predicted molar refractivity (Wildman–Crippen MR) is 188 cm³/mol. The van der Waals surface area contributed by atoms with Crippen molar-refractivity contribution in [1.29, 1.82) is 10.5 Å². The molecule has 0 amide bonds. The van der Waals surface area contributed by atoms with Crippen LogP contribution in [0.3, 0.4) is 0 Å². The maximum atomic E-state index is 13.6. The monoisotopic (exact) mass is 613 g/mol. The van der Waals surface area contributed by atoms with Crippen LogP contribution in [0.25, 0.3) is 50.0 Å². The molecular formula is C41H31N3O3. The van der Waals surface area contributed by atoms with Crippen LogP contribution in [-0.4, -0.2) is 22.6 Å². The zero-order valence-corrected chi connectivity index (χ0v) is 26.1. The maximum Gasteiger partial charge on any atom is 0.160 e. The molecule has 0 aliphatic carbocycles. The summed E-state index contributed by atoms with van der Waals surface area (Å²) in [4.78, 5) is 15.6. The Balaban J connectivity index is 1.77. The minimum Gasteiger partial charge on any atom is -0.515 e. The third-order valence-corrected chi connectivity index (χ3v) is 8.76. The fraction of sp³-hybridized carbons (Fsp3) is 0.0976. The molecule has 228 valence electrons. The number of rotatable bonds is 7. The second kappa shape index (κ2) is 12.3. The Morgan fingerprint density at radius 3 is 1.87 bits per heavy atom. The van der Waals surface area contributed by atoms with Gasteiger partial charge in [0.1, 0.15) is 0 Å². The third-order valence-electron chi connectivity index (χ3n) is 8.76. The molecule has 0 spiro atoms. The largest absolute Gasteiger partial charge is 0.515 e. The second-order valence-electron chi connectivity index (χ2n) is 11.6. The summed E-state index contributed by atoms with van der Waals surface area (Å²) >= 11 is 0. The normalized spacial score (nSPS) is 12.6. The zero-order valence-electron chi connectivity index (χ0n) is 26.1. The summed E-state index contributed by atoms with van der Waals surface area (Å²) in [7, 11) is 0. The summed E-state index contributed by atoms with van der Waals surface area (Å²) in [6, 6.07) is 30.6. The van der Waals surface area contributed by atoms with Crippen molar-refractivity contribution in [1.82, 2.24) is 0 Å². The third kappa shape index (κ3) is 5.17. The van der Waals surface area contributed by atoms with Crippen LogP contribution in [0.1, 0.15) is 57.6 Å². The molecule has 2 N–H and O–H groups in total. The number of aliphatic hydroxyl groups excluding tert-OH is 2. The lowest BCUT2D eigenvalue weighted by molar-refractivity contribution is 0.101. The van der Waals surface area contributed by atoms with Gasteiger partial charge in [-0.2, -0.15) is 10.5 Å². The molecule has 5 aromatic rings. The number of Topliss-reactive ketones (excluding diaryl/α,β-unsaturated/α-hetero) is 1. The number of hydrogen-bond acceptors (Lipinski definition) is 6. The minimum absolute atomic E-state index is 0.0481. The van der Waals surface area contributed by atoms with Crippen molar-refractivity contribution in [3.05, 3.63) is 143 Å². The molecule has 0 bridgehead atoms.